The number of hydrogen-bond acceptors (Lipinski definition) is 7. The largest absolute Gasteiger partial charge is 0.492 e. The van der Waals surface area contributed by atoms with Crippen molar-refractivity contribution in [2.45, 2.75) is 13.3 Å². The highest BCUT2D eigenvalue weighted by atomic mass is 32.2. The molecule has 1 fully saturated rings. The number of ether oxygens (including phenoxy) is 1. The van der Waals surface area contributed by atoms with Gasteiger partial charge >= 0.3 is 0 Å². The molecule has 1 aliphatic heterocycles. The maximum Gasteiger partial charge on any atom is 0.232 e. The fourth-order valence-corrected chi connectivity index (χ4v) is 4.68. The quantitative estimate of drug-likeness (QED) is 0.592. The van der Waals surface area contributed by atoms with Crippen molar-refractivity contribution >= 4 is 21.5 Å². The van der Waals surface area contributed by atoms with Gasteiger partial charge in [-0.1, -0.05) is 18.8 Å². The smallest absolute Gasteiger partial charge is 0.232 e. The Morgan fingerprint density at radius 1 is 1.24 bits per heavy atom. The molecule has 0 radical (unpaired) electrons. The van der Waals surface area contributed by atoms with E-state index in [1.165, 1.54) is 19.2 Å². The lowest BCUT2D eigenvalue weighted by Gasteiger charge is -2.30. The maximum absolute atomic E-state index is 14.8. The molecule has 0 atom stereocenters. The van der Waals surface area contributed by atoms with Gasteiger partial charge in [0.1, 0.15) is 5.82 Å². The number of halogens is 1. The van der Waals surface area contributed by atoms with Gasteiger partial charge in [-0.15, -0.1) is 0 Å². The summed E-state index contributed by atoms with van der Waals surface area (Å²) in [6, 6.07) is 4.46. The summed E-state index contributed by atoms with van der Waals surface area (Å²) in [6.07, 6.45) is 1.99. The number of piperazine rings is 1. The maximum atomic E-state index is 14.8. The van der Waals surface area contributed by atoms with Gasteiger partial charge in [0.15, 0.2) is 11.6 Å². The second-order valence-corrected chi connectivity index (χ2v) is 9.84. The van der Waals surface area contributed by atoms with E-state index in [9.17, 15) is 12.8 Å². The van der Waals surface area contributed by atoms with Crippen LogP contribution in [0, 0.1) is 17.7 Å². The highest BCUT2D eigenvalue weighted by Gasteiger charge is 2.19. The van der Waals surface area contributed by atoms with Crippen LogP contribution in [-0.2, 0) is 10.0 Å². The predicted molar refractivity (Wildman–Crippen MR) is 129 cm³/mol. The third kappa shape index (κ3) is 6.57. The molecule has 2 heterocycles. The Morgan fingerprint density at radius 3 is 2.64 bits per heavy atom. The molecule has 8 nitrogen and oxygen atoms in total. The van der Waals surface area contributed by atoms with Crippen LogP contribution in [0.5, 0.6) is 5.75 Å². The Morgan fingerprint density at radius 2 is 1.97 bits per heavy atom. The zero-order valence-corrected chi connectivity index (χ0v) is 20.0. The summed E-state index contributed by atoms with van der Waals surface area (Å²) < 4.78 is 46.8. The summed E-state index contributed by atoms with van der Waals surface area (Å²) in [5.41, 5.74) is 7.53. The molecule has 178 valence electrons. The lowest BCUT2D eigenvalue weighted by atomic mass is 10.0. The normalized spacial score (nSPS) is 15.0. The molecule has 0 bridgehead atoms. The number of nitrogens with one attached hydrogen (secondary N) is 1. The Balaban J connectivity index is 1.89. The highest BCUT2D eigenvalue weighted by molar-refractivity contribution is 7.92. The van der Waals surface area contributed by atoms with Crippen LogP contribution in [0.4, 0.5) is 15.9 Å². The molecule has 1 aromatic heterocycles. The molecule has 0 saturated carbocycles. The van der Waals surface area contributed by atoms with Crippen LogP contribution < -0.4 is 15.2 Å². The van der Waals surface area contributed by atoms with Crippen molar-refractivity contribution in [2.24, 2.45) is 0 Å². The first-order valence-corrected chi connectivity index (χ1v) is 12.4. The summed E-state index contributed by atoms with van der Waals surface area (Å²) in [5, 5.41) is 0. The monoisotopic (exact) mass is 475 g/mol. The van der Waals surface area contributed by atoms with Gasteiger partial charge in [0.05, 0.1) is 25.1 Å². The van der Waals surface area contributed by atoms with E-state index in [4.69, 9.17) is 10.5 Å². The van der Waals surface area contributed by atoms with Gasteiger partial charge < -0.3 is 15.4 Å². The standard InChI is InChI=1S/C23H30FN5O3S/c1-4-12-33(30,31)27-21-15-18(14-20(24)22(21)32-3)19-13-17(16-26-23(19)25)6-5-7-29-10-8-28(2)9-11-29/h13-16,27H,4,7-12H2,1-3H3,(H2,25,26). The van der Waals surface area contributed by atoms with Crippen molar-refractivity contribution < 1.29 is 17.5 Å². The van der Waals surface area contributed by atoms with Gasteiger partial charge in [-0.3, -0.25) is 9.62 Å². The summed E-state index contributed by atoms with van der Waals surface area (Å²) in [7, 11) is -0.267. The molecule has 3 rings (SSSR count). The van der Waals surface area contributed by atoms with Gasteiger partial charge in [0.25, 0.3) is 0 Å². The molecule has 1 aromatic carbocycles. The second-order valence-electron chi connectivity index (χ2n) is 8.00. The third-order valence-corrected chi connectivity index (χ3v) is 6.82. The highest BCUT2D eigenvalue weighted by Crippen LogP contribution is 2.36. The number of aromatic nitrogens is 1. The molecule has 0 aliphatic carbocycles. The Labute approximate surface area is 195 Å². The molecule has 0 unspecified atom stereocenters. The predicted octanol–water partition coefficient (Wildman–Crippen LogP) is 2.23. The fourth-order valence-electron chi connectivity index (χ4n) is 3.55. The summed E-state index contributed by atoms with van der Waals surface area (Å²) in [6.45, 7) is 6.37. The summed E-state index contributed by atoms with van der Waals surface area (Å²) in [5.74, 6) is 5.45. The van der Waals surface area contributed by atoms with Crippen LogP contribution in [0.1, 0.15) is 18.9 Å². The topological polar surface area (TPSA) is 101 Å². The number of nitrogens with zero attached hydrogens (tertiary/aromatic N) is 3. The molecule has 10 heteroatoms. The Kier molecular flexibility index (Phi) is 8.13. The number of pyridine rings is 1. The number of benzene rings is 1. The number of rotatable bonds is 7. The molecule has 0 spiro atoms. The van der Waals surface area contributed by atoms with Crippen LogP contribution in [0.3, 0.4) is 0 Å². The van der Waals surface area contributed by atoms with E-state index in [0.29, 0.717) is 29.7 Å². The van der Waals surface area contributed by atoms with Gasteiger partial charge in [0.2, 0.25) is 10.0 Å². The summed E-state index contributed by atoms with van der Waals surface area (Å²) in [4.78, 5) is 8.77. The van der Waals surface area contributed by atoms with Crippen LogP contribution >= 0.6 is 0 Å². The molecule has 1 aliphatic rings. The van der Waals surface area contributed by atoms with E-state index in [2.05, 4.69) is 38.4 Å². The Hall–Kier alpha value is -2.87. The molecule has 0 amide bonds. The number of likely N-dealkylation sites (N-methyl/N-ethyl adjacent to an activating group) is 1. The zero-order chi connectivity index (χ0) is 24.0. The first kappa shape index (κ1) is 24.8. The first-order valence-electron chi connectivity index (χ1n) is 10.8. The van der Waals surface area contributed by atoms with Crippen molar-refractivity contribution in [3.63, 3.8) is 0 Å². The van der Waals surface area contributed by atoms with Crippen molar-refractivity contribution in [3.05, 3.63) is 35.8 Å². The minimum Gasteiger partial charge on any atom is -0.492 e. The third-order valence-electron chi connectivity index (χ3n) is 5.35. The van der Waals surface area contributed by atoms with Gasteiger partial charge in [-0.05, 0) is 37.2 Å². The van der Waals surface area contributed by atoms with E-state index in [-0.39, 0.29) is 23.0 Å². The molecule has 2 aromatic rings. The number of anilines is 2. The molecular weight excluding hydrogens is 445 g/mol. The average molecular weight is 476 g/mol. The number of hydrogen-bond donors (Lipinski definition) is 2. The number of sulfonamides is 1. The minimum atomic E-state index is -3.65. The zero-order valence-electron chi connectivity index (χ0n) is 19.2. The molecule has 1 saturated heterocycles. The lowest BCUT2D eigenvalue weighted by molar-refractivity contribution is 0.168. The van der Waals surface area contributed by atoms with E-state index >= 15 is 0 Å². The van der Waals surface area contributed by atoms with Gasteiger partial charge in [0, 0.05) is 43.5 Å². The fraction of sp³-hybridized carbons (Fsp3) is 0.435. The van der Waals surface area contributed by atoms with E-state index in [0.717, 1.165) is 26.2 Å². The number of nitrogens with two attached hydrogens (primary N) is 1. The molecular formula is C23H30FN5O3S. The van der Waals surface area contributed by atoms with E-state index in [1.807, 2.05) is 0 Å². The second kappa shape index (κ2) is 10.8. The van der Waals surface area contributed by atoms with Gasteiger partial charge in [-0.25, -0.2) is 17.8 Å². The SMILES string of the molecule is CCCS(=O)(=O)Nc1cc(-c2cc(C#CCN3CCN(C)CC3)cnc2N)cc(F)c1OC. The molecule has 3 N–H and O–H groups in total. The number of nitrogen functional groups attached to an aromatic ring is 1. The van der Waals surface area contributed by atoms with E-state index in [1.54, 1.807) is 19.2 Å². The van der Waals surface area contributed by atoms with Crippen molar-refractivity contribution in [1.29, 1.82) is 0 Å². The van der Waals surface area contributed by atoms with Crippen molar-refractivity contribution in [2.75, 3.05) is 63.1 Å². The number of methoxy groups -OCH3 is 1. The Bertz CT molecular complexity index is 1150. The van der Waals surface area contributed by atoms with Crippen LogP contribution in [0.15, 0.2) is 24.4 Å². The minimum absolute atomic E-state index is 0.00639. The van der Waals surface area contributed by atoms with Crippen molar-refractivity contribution in [1.82, 2.24) is 14.8 Å². The average Bonchev–Trinajstić information content (AvgIpc) is 2.75. The van der Waals surface area contributed by atoms with Crippen molar-refractivity contribution in [3.8, 4) is 28.7 Å². The van der Waals surface area contributed by atoms with Crippen LogP contribution in [0.2, 0.25) is 0 Å². The lowest BCUT2D eigenvalue weighted by Crippen LogP contribution is -2.44. The van der Waals surface area contributed by atoms with Crippen LogP contribution in [0.25, 0.3) is 11.1 Å². The first-order chi connectivity index (χ1) is 15.7. The van der Waals surface area contributed by atoms with Gasteiger partial charge in [-0.2, -0.15) is 0 Å². The molecule has 33 heavy (non-hydrogen) atoms. The van der Waals surface area contributed by atoms with Crippen LogP contribution in [-0.4, -0.2) is 75.8 Å². The van der Waals surface area contributed by atoms with E-state index < -0.39 is 15.8 Å². The summed E-state index contributed by atoms with van der Waals surface area (Å²) >= 11 is 0.